The lowest BCUT2D eigenvalue weighted by molar-refractivity contribution is 0.597. The molecule has 1 aromatic carbocycles. The van der Waals surface area contributed by atoms with Crippen molar-refractivity contribution in [2.45, 2.75) is 5.03 Å². The summed E-state index contributed by atoms with van der Waals surface area (Å²) < 4.78 is 29.1. The van der Waals surface area contributed by atoms with Crippen LogP contribution in [0.1, 0.15) is 0 Å². The van der Waals surface area contributed by atoms with Crippen molar-refractivity contribution in [3.05, 3.63) is 53.4 Å². The van der Waals surface area contributed by atoms with Crippen LogP contribution in [-0.4, -0.2) is 22.8 Å². The number of anilines is 1. The lowest BCUT2D eigenvalue weighted by Crippen LogP contribution is -2.13. The molecular weight excluding hydrogens is 344 g/mol. The molecule has 102 valence electrons. The number of nitrogens with one attached hydrogen (secondary N) is 1. The molecule has 0 spiro atoms. The van der Waals surface area contributed by atoms with Gasteiger partial charge in [-0.15, -0.1) is 0 Å². The fourth-order valence-corrected chi connectivity index (χ4v) is 3.79. The number of hydrogen-bond donors (Lipinski definition) is 1. The molecule has 0 radical (unpaired) electrons. The van der Waals surface area contributed by atoms with Crippen LogP contribution in [0.4, 0.5) is 5.69 Å². The highest BCUT2D eigenvalue weighted by atomic mass is 79.9. The topological polar surface area (TPSA) is 76.4 Å². The zero-order valence-corrected chi connectivity index (χ0v) is 12.5. The van der Waals surface area contributed by atoms with Gasteiger partial charge in [-0.2, -0.15) is 13.4 Å². The Kier molecular flexibility index (Phi) is 3.19. The highest BCUT2D eigenvalue weighted by Gasteiger charge is 2.23. The molecule has 2 aromatic heterocycles. The molecule has 2 heterocycles. The van der Waals surface area contributed by atoms with Crippen molar-refractivity contribution in [3.8, 4) is 0 Å². The zero-order chi connectivity index (χ0) is 14.2. The molecule has 0 saturated heterocycles. The monoisotopic (exact) mass is 352 g/mol. The molecule has 0 atom stereocenters. The molecular formula is C12H9BrN4O2S. The van der Waals surface area contributed by atoms with Gasteiger partial charge in [0.15, 0.2) is 0 Å². The minimum Gasteiger partial charge on any atom is -0.278 e. The number of hydrogen-bond acceptors (Lipinski definition) is 4. The largest absolute Gasteiger partial charge is 0.282 e. The minimum atomic E-state index is -3.77. The predicted molar refractivity (Wildman–Crippen MR) is 77.9 cm³/mol. The Balaban J connectivity index is 2.08. The third-order valence-electron chi connectivity index (χ3n) is 2.60. The van der Waals surface area contributed by atoms with Crippen molar-refractivity contribution in [1.29, 1.82) is 0 Å². The van der Waals surface area contributed by atoms with Crippen molar-refractivity contribution < 1.29 is 8.42 Å². The number of rotatable bonds is 3. The van der Waals surface area contributed by atoms with Gasteiger partial charge in [-0.05, 0) is 34.1 Å². The Hall–Kier alpha value is -1.93. The Morgan fingerprint density at radius 3 is 2.60 bits per heavy atom. The standard InChI is InChI=1S/C12H9BrN4O2S/c13-10-11(15-12-14-7-4-8-17(10)12)20(18,19)16-9-5-2-1-3-6-9/h1-8,16H. The molecule has 20 heavy (non-hydrogen) atoms. The van der Waals surface area contributed by atoms with Gasteiger partial charge in [0.1, 0.15) is 4.60 Å². The fraction of sp³-hybridized carbons (Fsp3) is 0. The first-order chi connectivity index (χ1) is 9.58. The Labute approximate surface area is 123 Å². The highest BCUT2D eigenvalue weighted by molar-refractivity contribution is 9.10. The molecule has 0 amide bonds. The van der Waals surface area contributed by atoms with Crippen molar-refractivity contribution in [2.75, 3.05) is 4.72 Å². The van der Waals surface area contributed by atoms with E-state index in [1.54, 1.807) is 47.1 Å². The normalized spacial score (nSPS) is 11.7. The van der Waals surface area contributed by atoms with Crippen LogP contribution in [0.2, 0.25) is 0 Å². The van der Waals surface area contributed by atoms with Crippen LogP contribution in [0.3, 0.4) is 0 Å². The smallest absolute Gasteiger partial charge is 0.278 e. The second-order valence-corrected chi connectivity index (χ2v) is 6.32. The van der Waals surface area contributed by atoms with Gasteiger partial charge in [-0.1, -0.05) is 18.2 Å². The summed E-state index contributed by atoms with van der Waals surface area (Å²) in [6, 6.07) is 10.3. The van der Waals surface area contributed by atoms with Gasteiger partial charge in [0.05, 0.1) is 0 Å². The maximum Gasteiger partial charge on any atom is 0.282 e. The molecule has 0 unspecified atom stereocenters. The van der Waals surface area contributed by atoms with E-state index < -0.39 is 10.0 Å². The molecule has 0 bridgehead atoms. The number of para-hydroxylation sites is 1. The van der Waals surface area contributed by atoms with Crippen molar-refractivity contribution >= 4 is 37.4 Å². The molecule has 0 aliphatic carbocycles. The van der Waals surface area contributed by atoms with E-state index in [4.69, 9.17) is 0 Å². The summed E-state index contributed by atoms with van der Waals surface area (Å²) >= 11 is 3.24. The van der Waals surface area contributed by atoms with E-state index in [0.29, 0.717) is 16.1 Å². The van der Waals surface area contributed by atoms with Gasteiger partial charge in [0, 0.05) is 18.1 Å². The van der Waals surface area contributed by atoms with Crippen LogP contribution < -0.4 is 4.72 Å². The SMILES string of the molecule is O=S(=O)(Nc1ccccc1)c1nc2ncccn2c1Br. The summed E-state index contributed by atoms with van der Waals surface area (Å²) in [6.07, 6.45) is 3.23. The Morgan fingerprint density at radius 2 is 1.90 bits per heavy atom. The first-order valence-corrected chi connectivity index (χ1v) is 7.92. The van der Waals surface area contributed by atoms with E-state index in [1.807, 2.05) is 6.07 Å². The van der Waals surface area contributed by atoms with E-state index >= 15 is 0 Å². The molecule has 3 aromatic rings. The van der Waals surface area contributed by atoms with E-state index in [1.165, 1.54) is 0 Å². The molecule has 3 rings (SSSR count). The lowest BCUT2D eigenvalue weighted by Gasteiger charge is -2.05. The van der Waals surface area contributed by atoms with E-state index in [-0.39, 0.29) is 5.03 Å². The van der Waals surface area contributed by atoms with Gasteiger partial charge in [0.2, 0.25) is 10.8 Å². The maximum atomic E-state index is 12.3. The number of aromatic nitrogens is 3. The van der Waals surface area contributed by atoms with Gasteiger partial charge < -0.3 is 0 Å². The zero-order valence-electron chi connectivity index (χ0n) is 10.1. The van der Waals surface area contributed by atoms with Crippen LogP contribution in [0.15, 0.2) is 58.4 Å². The fourth-order valence-electron chi connectivity index (χ4n) is 1.72. The minimum absolute atomic E-state index is 0.0972. The van der Waals surface area contributed by atoms with Crippen molar-refractivity contribution in [1.82, 2.24) is 14.4 Å². The number of halogens is 1. The number of benzene rings is 1. The third-order valence-corrected chi connectivity index (χ3v) is 4.91. The highest BCUT2D eigenvalue weighted by Crippen LogP contribution is 2.24. The maximum absolute atomic E-state index is 12.3. The van der Waals surface area contributed by atoms with Crippen LogP contribution >= 0.6 is 15.9 Å². The quantitative estimate of drug-likeness (QED) is 0.784. The van der Waals surface area contributed by atoms with Gasteiger partial charge in [-0.3, -0.25) is 9.12 Å². The predicted octanol–water partition coefficient (Wildman–Crippen LogP) is 2.29. The molecule has 8 heteroatoms. The Bertz CT molecular complexity index is 862. The number of fused-ring (bicyclic) bond motifs is 1. The molecule has 0 saturated carbocycles. The first kappa shape index (κ1) is 13.1. The average molecular weight is 353 g/mol. The number of imidazole rings is 1. The summed E-state index contributed by atoms with van der Waals surface area (Å²) in [5, 5.41) is -0.0972. The summed E-state index contributed by atoms with van der Waals surface area (Å²) in [6.45, 7) is 0. The molecule has 1 N–H and O–H groups in total. The second-order valence-electron chi connectivity index (χ2n) is 3.97. The van der Waals surface area contributed by atoms with Gasteiger partial charge in [0.25, 0.3) is 10.0 Å². The molecule has 6 nitrogen and oxygen atoms in total. The Morgan fingerprint density at radius 1 is 1.15 bits per heavy atom. The summed E-state index contributed by atoms with van der Waals surface area (Å²) in [4.78, 5) is 8.05. The average Bonchev–Trinajstić information content (AvgIpc) is 2.78. The van der Waals surface area contributed by atoms with Crippen LogP contribution in [-0.2, 0) is 10.0 Å². The van der Waals surface area contributed by atoms with Crippen molar-refractivity contribution in [3.63, 3.8) is 0 Å². The lowest BCUT2D eigenvalue weighted by atomic mass is 10.3. The summed E-state index contributed by atoms with van der Waals surface area (Å²) in [5.41, 5.74) is 0.476. The molecule has 0 fully saturated rings. The van der Waals surface area contributed by atoms with Gasteiger partial charge in [-0.25, -0.2) is 4.98 Å². The van der Waals surface area contributed by atoms with E-state index in [9.17, 15) is 8.42 Å². The molecule has 0 aliphatic heterocycles. The number of sulfonamides is 1. The van der Waals surface area contributed by atoms with Crippen LogP contribution in [0.5, 0.6) is 0 Å². The van der Waals surface area contributed by atoms with E-state index in [2.05, 4.69) is 30.6 Å². The number of nitrogens with zero attached hydrogens (tertiary/aromatic N) is 3. The second kappa shape index (κ2) is 4.88. The summed E-state index contributed by atoms with van der Waals surface area (Å²) in [5.74, 6) is 0.313. The van der Waals surface area contributed by atoms with E-state index in [0.717, 1.165) is 0 Å². The van der Waals surface area contributed by atoms with Crippen LogP contribution in [0, 0.1) is 0 Å². The first-order valence-electron chi connectivity index (χ1n) is 5.64. The van der Waals surface area contributed by atoms with Crippen LogP contribution in [0.25, 0.3) is 5.78 Å². The van der Waals surface area contributed by atoms with Gasteiger partial charge >= 0.3 is 0 Å². The third kappa shape index (κ3) is 2.27. The summed E-state index contributed by atoms with van der Waals surface area (Å²) in [7, 11) is -3.77. The van der Waals surface area contributed by atoms with Crippen molar-refractivity contribution in [2.24, 2.45) is 0 Å². The molecule has 0 aliphatic rings.